The van der Waals surface area contributed by atoms with Crippen LogP contribution in [0.1, 0.15) is 92.9 Å². The molecule has 0 bridgehead atoms. The van der Waals surface area contributed by atoms with Crippen molar-refractivity contribution in [2.24, 2.45) is 58.2 Å². The summed E-state index contributed by atoms with van der Waals surface area (Å²) in [5.41, 5.74) is 0.240. The van der Waals surface area contributed by atoms with Crippen LogP contribution in [0.15, 0.2) is 0 Å². The van der Waals surface area contributed by atoms with Crippen LogP contribution in [0.4, 0.5) is 0 Å². The highest BCUT2D eigenvalue weighted by Crippen LogP contribution is 2.66. The van der Waals surface area contributed by atoms with Crippen LogP contribution in [-0.2, 0) is 9.53 Å². The van der Waals surface area contributed by atoms with E-state index >= 15 is 0 Å². The number of aliphatic hydroxyl groups excluding tert-OH is 2. The first-order chi connectivity index (χ1) is 15.0. The molecule has 0 spiro atoms. The molecule has 3 saturated carbocycles. The highest BCUT2D eigenvalue weighted by Gasteiger charge is 2.61. The first-order valence-electron chi connectivity index (χ1n) is 13.5. The summed E-state index contributed by atoms with van der Waals surface area (Å²) in [5.74, 6) is 2.62. The summed E-state index contributed by atoms with van der Waals surface area (Å²) < 4.78 is 5.97. The zero-order valence-corrected chi connectivity index (χ0v) is 21.3. The molecule has 0 amide bonds. The Labute approximate surface area is 195 Å². The lowest BCUT2D eigenvalue weighted by Crippen LogP contribution is -2.51. The second-order valence-electron chi connectivity index (χ2n) is 13.0. The lowest BCUT2D eigenvalue weighted by Gasteiger charge is -2.55. The van der Waals surface area contributed by atoms with Gasteiger partial charge in [-0.2, -0.15) is 0 Å². The minimum atomic E-state index is -0.682. The summed E-state index contributed by atoms with van der Waals surface area (Å²) in [5, 5.41) is 22.0. The predicted octanol–water partition coefficient (Wildman–Crippen LogP) is 5.45. The number of aliphatic hydroxyl groups is 2. The molecule has 4 nitrogen and oxygen atoms in total. The number of rotatable bonds is 5. The van der Waals surface area contributed by atoms with E-state index in [9.17, 15) is 15.0 Å². The molecule has 0 aromatic heterocycles. The Balaban J connectivity index is 1.56. The molecular formula is C28H48O4. The van der Waals surface area contributed by atoms with Crippen molar-refractivity contribution in [1.82, 2.24) is 0 Å². The van der Waals surface area contributed by atoms with E-state index in [1.165, 1.54) is 19.3 Å². The first-order valence-corrected chi connectivity index (χ1v) is 13.5. The summed E-state index contributed by atoms with van der Waals surface area (Å²) >= 11 is 0. The fourth-order valence-electron chi connectivity index (χ4n) is 8.97. The minimum absolute atomic E-state index is 0.0624. The Morgan fingerprint density at radius 1 is 0.875 bits per heavy atom. The van der Waals surface area contributed by atoms with Gasteiger partial charge in [-0.15, -0.1) is 0 Å². The predicted molar refractivity (Wildman–Crippen MR) is 127 cm³/mol. The molecule has 184 valence electrons. The second-order valence-corrected chi connectivity index (χ2v) is 13.0. The van der Waals surface area contributed by atoms with Crippen molar-refractivity contribution in [2.75, 3.05) is 6.61 Å². The van der Waals surface area contributed by atoms with E-state index in [0.717, 1.165) is 32.1 Å². The normalized spacial score (nSPS) is 45.7. The number of carbonyl (C=O) groups excluding carboxylic acids is 1. The van der Waals surface area contributed by atoms with Crippen LogP contribution >= 0.6 is 0 Å². The zero-order valence-electron chi connectivity index (χ0n) is 21.3. The average molecular weight is 449 g/mol. The molecule has 3 aliphatic carbocycles. The van der Waals surface area contributed by atoms with Crippen LogP contribution < -0.4 is 0 Å². The third kappa shape index (κ3) is 3.76. The van der Waals surface area contributed by atoms with Gasteiger partial charge in [-0.05, 0) is 90.8 Å². The van der Waals surface area contributed by atoms with Gasteiger partial charge in [0.2, 0.25) is 0 Å². The van der Waals surface area contributed by atoms with E-state index in [1.807, 2.05) is 0 Å². The van der Waals surface area contributed by atoms with E-state index < -0.39 is 12.2 Å². The Morgan fingerprint density at radius 3 is 2.25 bits per heavy atom. The lowest BCUT2D eigenvalue weighted by atomic mass is 9.49. The van der Waals surface area contributed by atoms with Crippen LogP contribution in [0.25, 0.3) is 0 Å². The Bertz CT molecular complexity index is 691. The zero-order chi connectivity index (χ0) is 23.4. The molecule has 9 unspecified atom stereocenters. The van der Waals surface area contributed by atoms with Gasteiger partial charge in [0, 0.05) is 0 Å². The maximum Gasteiger partial charge on any atom is 0.309 e. The molecule has 4 rings (SSSR count). The summed E-state index contributed by atoms with van der Waals surface area (Å²) in [7, 11) is 0. The van der Waals surface area contributed by atoms with Crippen LogP contribution in [0, 0.1) is 58.2 Å². The standard InChI is InChI=1S/C28H48O4/c1-16(2)17(3)24(29)25(30)18(4)20-10-11-21-19-15-32-26(31)23-9-7-8-13-27(23,5)22(19)12-14-28(20,21)6/h16-25,29-30H,7-15H2,1-6H3/t17?,18-,19?,20?,21?,22?,23+,24?,25?,27?,28?/m0/s1. The number of fused-ring (bicyclic) bond motifs is 5. The van der Waals surface area contributed by atoms with Gasteiger partial charge < -0.3 is 14.9 Å². The van der Waals surface area contributed by atoms with Gasteiger partial charge in [0.15, 0.2) is 0 Å². The maximum atomic E-state index is 12.9. The summed E-state index contributed by atoms with van der Waals surface area (Å²) in [4.78, 5) is 12.9. The van der Waals surface area contributed by atoms with Crippen molar-refractivity contribution in [1.29, 1.82) is 0 Å². The van der Waals surface area contributed by atoms with Crippen molar-refractivity contribution in [2.45, 2.75) is 105 Å². The number of carbonyl (C=O) groups is 1. The Hall–Kier alpha value is -0.610. The van der Waals surface area contributed by atoms with Crippen LogP contribution in [0.3, 0.4) is 0 Å². The summed E-state index contributed by atoms with van der Waals surface area (Å²) in [6, 6.07) is 0. The van der Waals surface area contributed by atoms with Crippen LogP contribution in [-0.4, -0.2) is 35.0 Å². The van der Waals surface area contributed by atoms with Crippen molar-refractivity contribution in [3.63, 3.8) is 0 Å². The molecule has 0 radical (unpaired) electrons. The van der Waals surface area contributed by atoms with Crippen LogP contribution in [0.5, 0.6) is 0 Å². The number of esters is 1. The fourth-order valence-corrected chi connectivity index (χ4v) is 8.97. The monoisotopic (exact) mass is 448 g/mol. The van der Waals surface area contributed by atoms with Crippen molar-refractivity contribution < 1.29 is 19.7 Å². The highest BCUT2D eigenvalue weighted by molar-refractivity contribution is 5.74. The second kappa shape index (κ2) is 8.87. The third-order valence-electron chi connectivity index (χ3n) is 11.4. The van der Waals surface area contributed by atoms with Gasteiger partial charge in [0.05, 0.1) is 24.7 Å². The van der Waals surface area contributed by atoms with Gasteiger partial charge >= 0.3 is 5.97 Å². The maximum absolute atomic E-state index is 12.9. The van der Waals surface area contributed by atoms with Crippen molar-refractivity contribution in [3.05, 3.63) is 0 Å². The van der Waals surface area contributed by atoms with E-state index in [0.29, 0.717) is 36.2 Å². The molecular weight excluding hydrogens is 400 g/mol. The number of hydrogen-bond donors (Lipinski definition) is 2. The fraction of sp³-hybridized carbons (Fsp3) is 0.964. The Kier molecular flexibility index (Phi) is 6.80. The first kappa shape index (κ1) is 24.5. The molecule has 4 fully saturated rings. The molecule has 1 aliphatic heterocycles. The molecule has 4 heteroatoms. The third-order valence-corrected chi connectivity index (χ3v) is 11.4. The molecule has 32 heavy (non-hydrogen) atoms. The van der Waals surface area contributed by atoms with Gasteiger partial charge in [-0.1, -0.05) is 54.4 Å². The number of hydrogen-bond acceptors (Lipinski definition) is 4. The average Bonchev–Trinajstić information content (AvgIpc) is 3.06. The lowest BCUT2D eigenvalue weighted by molar-refractivity contribution is -0.153. The summed E-state index contributed by atoms with van der Waals surface area (Å²) in [6.07, 6.45) is 7.81. The molecule has 0 aromatic rings. The van der Waals surface area contributed by atoms with Gasteiger partial charge in [-0.25, -0.2) is 0 Å². The van der Waals surface area contributed by atoms with Crippen molar-refractivity contribution in [3.8, 4) is 0 Å². The molecule has 1 saturated heterocycles. The largest absolute Gasteiger partial charge is 0.465 e. The van der Waals surface area contributed by atoms with E-state index in [1.54, 1.807) is 0 Å². The SMILES string of the molecule is CC(C)C(C)C(O)C(O)[C@@H](C)C1CCC2C3COC(=O)[C@H]4CCCCC4(C)C3CCC21C. The van der Waals surface area contributed by atoms with E-state index in [4.69, 9.17) is 4.74 Å². The summed E-state index contributed by atoms with van der Waals surface area (Å²) in [6.45, 7) is 13.9. The van der Waals surface area contributed by atoms with Crippen LogP contribution in [0.2, 0.25) is 0 Å². The van der Waals surface area contributed by atoms with E-state index in [2.05, 4.69) is 41.5 Å². The molecule has 1 heterocycles. The number of cyclic esters (lactones) is 1. The molecule has 11 atom stereocenters. The molecule has 2 N–H and O–H groups in total. The topological polar surface area (TPSA) is 66.8 Å². The van der Waals surface area contributed by atoms with Crippen molar-refractivity contribution >= 4 is 5.97 Å². The smallest absolute Gasteiger partial charge is 0.309 e. The Morgan fingerprint density at radius 2 is 1.56 bits per heavy atom. The van der Waals surface area contributed by atoms with E-state index in [-0.39, 0.29) is 34.6 Å². The number of ether oxygens (including phenoxy) is 1. The van der Waals surface area contributed by atoms with Gasteiger partial charge in [-0.3, -0.25) is 4.79 Å². The quantitative estimate of drug-likeness (QED) is 0.549. The van der Waals surface area contributed by atoms with Gasteiger partial charge in [0.25, 0.3) is 0 Å². The molecule has 0 aromatic carbocycles. The molecule has 4 aliphatic rings. The minimum Gasteiger partial charge on any atom is -0.465 e. The highest BCUT2D eigenvalue weighted by atomic mass is 16.5. The van der Waals surface area contributed by atoms with Gasteiger partial charge in [0.1, 0.15) is 0 Å².